The number of hydrogen-bond acceptors (Lipinski definition) is 4. The summed E-state index contributed by atoms with van der Waals surface area (Å²) in [5, 5.41) is 12.9. The molecule has 1 fully saturated rings. The van der Waals surface area contributed by atoms with E-state index in [4.69, 9.17) is 0 Å². The van der Waals surface area contributed by atoms with Crippen molar-refractivity contribution in [2.45, 2.75) is 37.0 Å². The van der Waals surface area contributed by atoms with Crippen LogP contribution in [0.15, 0.2) is 18.2 Å². The van der Waals surface area contributed by atoms with Crippen LogP contribution < -0.4 is 5.32 Å². The maximum atomic E-state index is 11.8. The first-order chi connectivity index (χ1) is 9.08. The van der Waals surface area contributed by atoms with Crippen molar-refractivity contribution in [3.05, 3.63) is 29.3 Å². The van der Waals surface area contributed by atoms with Crippen molar-refractivity contribution in [3.63, 3.8) is 0 Å². The summed E-state index contributed by atoms with van der Waals surface area (Å²) in [6.07, 6.45) is 3.35. The maximum absolute atomic E-state index is 11.8. The standard InChI is InChI=1S/C14H19NO3S/c16-14-5-1-4-11-12(14)6-7-13(11)15-9-10-3-2-8-19(10,17)18/h1,4-5,10,13,15-16H,2-3,6-9H2. The zero-order valence-electron chi connectivity index (χ0n) is 10.8. The predicted molar refractivity (Wildman–Crippen MR) is 74.0 cm³/mol. The zero-order valence-corrected chi connectivity index (χ0v) is 11.6. The molecule has 1 heterocycles. The number of phenolic OH excluding ortho intramolecular Hbond substituents is 1. The number of sulfone groups is 1. The summed E-state index contributed by atoms with van der Waals surface area (Å²) in [4.78, 5) is 0. The van der Waals surface area contributed by atoms with Gasteiger partial charge in [-0.2, -0.15) is 0 Å². The zero-order chi connectivity index (χ0) is 13.5. The summed E-state index contributed by atoms with van der Waals surface area (Å²) in [6.45, 7) is 0.530. The molecule has 19 heavy (non-hydrogen) atoms. The fraction of sp³-hybridized carbons (Fsp3) is 0.571. The second-order valence-corrected chi connectivity index (χ2v) is 7.88. The summed E-state index contributed by atoms with van der Waals surface area (Å²) in [7, 11) is -2.88. The number of benzene rings is 1. The lowest BCUT2D eigenvalue weighted by atomic mass is 10.1. The molecule has 1 aliphatic carbocycles. The minimum Gasteiger partial charge on any atom is -0.508 e. The molecule has 0 radical (unpaired) electrons. The van der Waals surface area contributed by atoms with Gasteiger partial charge in [0.05, 0.1) is 11.0 Å². The van der Waals surface area contributed by atoms with Crippen molar-refractivity contribution in [1.29, 1.82) is 0 Å². The van der Waals surface area contributed by atoms with E-state index in [1.807, 2.05) is 12.1 Å². The van der Waals surface area contributed by atoms with Crippen LogP contribution in [0.2, 0.25) is 0 Å². The van der Waals surface area contributed by atoms with E-state index < -0.39 is 9.84 Å². The minimum atomic E-state index is -2.88. The van der Waals surface area contributed by atoms with E-state index in [1.54, 1.807) is 6.07 Å². The Morgan fingerprint density at radius 2 is 2.16 bits per heavy atom. The van der Waals surface area contributed by atoms with Crippen molar-refractivity contribution in [2.75, 3.05) is 12.3 Å². The Bertz CT molecular complexity index is 582. The Kier molecular flexibility index (Phi) is 3.27. The topological polar surface area (TPSA) is 66.4 Å². The molecule has 0 saturated carbocycles. The smallest absolute Gasteiger partial charge is 0.154 e. The highest BCUT2D eigenvalue weighted by atomic mass is 32.2. The van der Waals surface area contributed by atoms with Crippen LogP contribution in [-0.4, -0.2) is 31.1 Å². The van der Waals surface area contributed by atoms with Crippen LogP contribution in [0.4, 0.5) is 0 Å². The van der Waals surface area contributed by atoms with Gasteiger partial charge in [0.1, 0.15) is 5.75 Å². The van der Waals surface area contributed by atoms with Crippen molar-refractivity contribution in [2.24, 2.45) is 0 Å². The molecule has 0 aromatic heterocycles. The van der Waals surface area contributed by atoms with E-state index in [1.165, 1.54) is 0 Å². The third-order valence-electron chi connectivity index (χ3n) is 4.30. The molecule has 1 aliphatic heterocycles. The van der Waals surface area contributed by atoms with Gasteiger partial charge in [-0.15, -0.1) is 0 Å². The molecule has 2 aliphatic rings. The van der Waals surface area contributed by atoms with E-state index in [0.29, 0.717) is 18.0 Å². The quantitative estimate of drug-likeness (QED) is 0.882. The lowest BCUT2D eigenvalue weighted by Gasteiger charge is -2.17. The molecule has 2 unspecified atom stereocenters. The van der Waals surface area contributed by atoms with Crippen LogP contribution in [0, 0.1) is 0 Å². The van der Waals surface area contributed by atoms with Crippen LogP contribution in [0.5, 0.6) is 5.75 Å². The van der Waals surface area contributed by atoms with E-state index in [0.717, 1.165) is 36.8 Å². The van der Waals surface area contributed by atoms with E-state index in [-0.39, 0.29) is 11.3 Å². The van der Waals surface area contributed by atoms with Gasteiger partial charge < -0.3 is 10.4 Å². The Hall–Kier alpha value is -1.07. The highest BCUT2D eigenvalue weighted by Crippen LogP contribution is 2.36. The maximum Gasteiger partial charge on any atom is 0.154 e. The summed E-state index contributed by atoms with van der Waals surface area (Å²) in [5.74, 6) is 0.691. The lowest BCUT2D eigenvalue weighted by Crippen LogP contribution is -2.32. The minimum absolute atomic E-state index is 0.179. The molecule has 4 nitrogen and oxygen atoms in total. The van der Waals surface area contributed by atoms with Gasteiger partial charge in [-0.25, -0.2) is 8.42 Å². The fourth-order valence-electron chi connectivity index (χ4n) is 3.21. The van der Waals surface area contributed by atoms with Gasteiger partial charge in [-0.3, -0.25) is 0 Å². The summed E-state index contributed by atoms with van der Waals surface area (Å²) < 4.78 is 23.6. The van der Waals surface area contributed by atoms with Gasteiger partial charge in [-0.05, 0) is 42.9 Å². The van der Waals surface area contributed by atoms with Gasteiger partial charge in [0.2, 0.25) is 0 Å². The molecule has 2 atom stereocenters. The molecule has 3 rings (SSSR count). The Balaban J connectivity index is 1.69. The molecule has 5 heteroatoms. The van der Waals surface area contributed by atoms with Crippen molar-refractivity contribution < 1.29 is 13.5 Å². The van der Waals surface area contributed by atoms with Gasteiger partial charge >= 0.3 is 0 Å². The first kappa shape index (κ1) is 12.9. The Morgan fingerprint density at radius 1 is 1.32 bits per heavy atom. The summed E-state index contributed by atoms with van der Waals surface area (Å²) in [5.41, 5.74) is 2.13. The molecule has 1 saturated heterocycles. The monoisotopic (exact) mass is 281 g/mol. The molecule has 0 bridgehead atoms. The number of hydrogen-bond donors (Lipinski definition) is 2. The highest BCUT2D eigenvalue weighted by Gasteiger charge is 2.32. The van der Waals surface area contributed by atoms with Crippen LogP contribution >= 0.6 is 0 Å². The first-order valence-electron chi connectivity index (χ1n) is 6.83. The van der Waals surface area contributed by atoms with Crippen molar-refractivity contribution in [3.8, 4) is 5.75 Å². The van der Waals surface area contributed by atoms with Gasteiger partial charge in [0.15, 0.2) is 9.84 Å². The van der Waals surface area contributed by atoms with Crippen LogP contribution in [0.3, 0.4) is 0 Å². The first-order valence-corrected chi connectivity index (χ1v) is 8.55. The Labute approximate surface area is 113 Å². The van der Waals surface area contributed by atoms with Gasteiger partial charge in [-0.1, -0.05) is 12.1 Å². The van der Waals surface area contributed by atoms with Crippen LogP contribution in [0.25, 0.3) is 0 Å². The second kappa shape index (κ2) is 4.80. The molecule has 1 aromatic carbocycles. The average molecular weight is 281 g/mol. The van der Waals surface area contributed by atoms with Crippen molar-refractivity contribution >= 4 is 9.84 Å². The molecule has 2 N–H and O–H groups in total. The fourth-order valence-corrected chi connectivity index (χ4v) is 4.99. The van der Waals surface area contributed by atoms with Gasteiger partial charge in [0.25, 0.3) is 0 Å². The SMILES string of the molecule is O=S1(=O)CCCC1CNC1CCc2c(O)cccc21. The predicted octanol–water partition coefficient (Wildman–Crippen LogP) is 1.55. The second-order valence-electron chi connectivity index (χ2n) is 5.48. The van der Waals surface area contributed by atoms with E-state index in [2.05, 4.69) is 5.32 Å². The van der Waals surface area contributed by atoms with Crippen molar-refractivity contribution in [1.82, 2.24) is 5.32 Å². The molecular weight excluding hydrogens is 262 g/mol. The van der Waals surface area contributed by atoms with E-state index in [9.17, 15) is 13.5 Å². The lowest BCUT2D eigenvalue weighted by molar-refractivity contribution is 0.469. The molecule has 104 valence electrons. The van der Waals surface area contributed by atoms with Crippen LogP contribution in [-0.2, 0) is 16.3 Å². The average Bonchev–Trinajstić information content (AvgIpc) is 2.91. The number of fused-ring (bicyclic) bond motifs is 1. The third-order valence-corrected chi connectivity index (χ3v) is 6.58. The molecule has 0 spiro atoms. The number of aromatic hydroxyl groups is 1. The third kappa shape index (κ3) is 2.37. The van der Waals surface area contributed by atoms with E-state index >= 15 is 0 Å². The summed E-state index contributed by atoms with van der Waals surface area (Å²) >= 11 is 0. The number of phenols is 1. The molecule has 1 aromatic rings. The largest absolute Gasteiger partial charge is 0.508 e. The number of rotatable bonds is 3. The summed E-state index contributed by atoms with van der Waals surface area (Å²) in [6, 6.07) is 5.75. The number of nitrogens with one attached hydrogen (secondary N) is 1. The normalized spacial score (nSPS) is 28.4. The highest BCUT2D eigenvalue weighted by molar-refractivity contribution is 7.92. The van der Waals surface area contributed by atoms with Gasteiger partial charge in [0, 0.05) is 12.6 Å². The van der Waals surface area contributed by atoms with Crippen LogP contribution in [0.1, 0.15) is 36.4 Å². The Morgan fingerprint density at radius 3 is 2.89 bits per heavy atom. The molecule has 0 amide bonds. The molecular formula is C14H19NO3S.